The molecule has 0 amide bonds. The van der Waals surface area contributed by atoms with Gasteiger partial charge in [0, 0.05) is 19.2 Å². The number of nitrogens with zero attached hydrogens (tertiary/aromatic N) is 3. The van der Waals surface area contributed by atoms with Crippen molar-refractivity contribution in [2.45, 2.75) is 17.4 Å². The first-order chi connectivity index (χ1) is 19.8. The minimum Gasteiger partial charge on any atom is -0.504 e. The third-order valence-electron chi connectivity index (χ3n) is 6.21. The fourth-order valence-electron chi connectivity index (χ4n) is 3.89. The second-order valence-electron chi connectivity index (χ2n) is 9.19. The third kappa shape index (κ3) is 6.39. The van der Waals surface area contributed by atoms with Gasteiger partial charge < -0.3 is 36.1 Å². The Morgan fingerprint density at radius 2 is 1.93 bits per heavy atom. The van der Waals surface area contributed by atoms with Crippen molar-refractivity contribution in [2.75, 3.05) is 25.9 Å². The number of aromatic nitrogens is 1. The van der Waals surface area contributed by atoms with Crippen molar-refractivity contribution in [2.24, 2.45) is 16.5 Å². The summed E-state index contributed by atoms with van der Waals surface area (Å²) in [4.78, 5) is 20.4. The van der Waals surface area contributed by atoms with E-state index in [1.165, 1.54) is 24.3 Å². The quantitative estimate of drug-likeness (QED) is 0.158. The number of hydrogen-bond acceptors (Lipinski definition) is 11. The molecule has 2 heterocycles. The fraction of sp³-hybridized carbons (Fsp3) is 0.231. The number of rotatable bonds is 11. The summed E-state index contributed by atoms with van der Waals surface area (Å²) in [7, 11) is -2.33. The lowest BCUT2D eigenvalue weighted by molar-refractivity contribution is -0.138. The van der Waals surface area contributed by atoms with Gasteiger partial charge in [-0.05, 0) is 42.8 Å². The Kier molecular flexibility index (Phi) is 8.58. The highest BCUT2D eigenvalue weighted by Gasteiger charge is 2.27. The summed E-state index contributed by atoms with van der Waals surface area (Å²) >= 11 is 0. The molecule has 0 saturated carbocycles. The van der Waals surface area contributed by atoms with Crippen LogP contribution in [0.5, 0.6) is 28.9 Å². The zero-order valence-electron chi connectivity index (χ0n) is 22.0. The van der Waals surface area contributed by atoms with Crippen LogP contribution in [0.25, 0.3) is 0 Å². The standard InChI is InChI=1S/C26H26F2N6O7S/c1-34-8-7-32-24(34)15-11-14(42(38,39)9-6-17(29)26(36)37)3-5-19(15)40-22-16(27)12-33-25(21(22)28)41-20-10-13(23(30)31)2-4-18(20)35/h2-5,10-12,17,35H,6-9,29H2,1H3,(H3,30,31)(H,36,37). The number of aliphatic carboxylic acids is 1. The first-order valence-corrected chi connectivity index (χ1v) is 13.9. The lowest BCUT2D eigenvalue weighted by atomic mass is 10.1. The van der Waals surface area contributed by atoms with E-state index in [9.17, 15) is 22.7 Å². The molecule has 2 aromatic carbocycles. The largest absolute Gasteiger partial charge is 0.504 e. The summed E-state index contributed by atoms with van der Waals surface area (Å²) in [5.74, 6) is -7.16. The summed E-state index contributed by atoms with van der Waals surface area (Å²) in [6, 6.07) is 5.84. The molecule has 42 heavy (non-hydrogen) atoms. The number of carboxylic acid groups (broad SMARTS) is 1. The Morgan fingerprint density at radius 3 is 2.57 bits per heavy atom. The maximum Gasteiger partial charge on any atom is 0.320 e. The van der Waals surface area contributed by atoms with Crippen molar-refractivity contribution >= 4 is 27.5 Å². The number of hydrogen-bond donors (Lipinski definition) is 5. The average molecular weight is 605 g/mol. The van der Waals surface area contributed by atoms with Gasteiger partial charge in [-0.25, -0.2) is 17.8 Å². The Morgan fingerprint density at radius 1 is 1.19 bits per heavy atom. The molecule has 4 rings (SSSR count). The maximum absolute atomic E-state index is 15.5. The molecule has 0 spiro atoms. The smallest absolute Gasteiger partial charge is 0.320 e. The minimum absolute atomic E-state index is 0.100. The highest BCUT2D eigenvalue weighted by molar-refractivity contribution is 7.91. The molecular formula is C26H26F2N6O7S. The second-order valence-corrected chi connectivity index (χ2v) is 11.3. The van der Waals surface area contributed by atoms with Gasteiger partial charge in [0.2, 0.25) is 11.6 Å². The van der Waals surface area contributed by atoms with E-state index < -0.39 is 56.6 Å². The number of amidine groups is 2. The number of sulfone groups is 1. The van der Waals surface area contributed by atoms with E-state index in [1.54, 1.807) is 11.9 Å². The molecule has 7 N–H and O–H groups in total. The highest BCUT2D eigenvalue weighted by atomic mass is 32.2. The molecule has 13 nitrogen and oxygen atoms in total. The topological polar surface area (TPSA) is 215 Å². The molecule has 0 aliphatic carbocycles. The number of phenolic OH excluding ortho intramolecular Hbond substituents is 1. The van der Waals surface area contributed by atoms with Crippen LogP contribution in [-0.2, 0) is 14.6 Å². The number of likely N-dealkylation sites (N-methyl/N-ethyl adjacent to an activating group) is 1. The van der Waals surface area contributed by atoms with Crippen LogP contribution in [0.4, 0.5) is 8.78 Å². The number of carbonyl (C=O) groups is 1. The van der Waals surface area contributed by atoms with Crippen molar-refractivity contribution in [1.82, 2.24) is 9.88 Å². The van der Waals surface area contributed by atoms with E-state index in [0.29, 0.717) is 25.1 Å². The summed E-state index contributed by atoms with van der Waals surface area (Å²) in [5, 5.41) is 26.6. The molecule has 222 valence electrons. The SMILES string of the molecule is CN1CCN=C1c1cc(S(=O)(=O)CCC(N)C(=O)O)ccc1Oc1c(F)cnc(Oc2cc(C(=N)N)ccc2O)c1F. The highest BCUT2D eigenvalue weighted by Crippen LogP contribution is 2.38. The monoisotopic (exact) mass is 604 g/mol. The van der Waals surface area contributed by atoms with Crippen molar-refractivity contribution in [3.63, 3.8) is 0 Å². The molecule has 1 aliphatic heterocycles. The minimum atomic E-state index is -4.02. The van der Waals surface area contributed by atoms with Crippen molar-refractivity contribution in [3.05, 3.63) is 65.4 Å². The number of halogens is 2. The summed E-state index contributed by atoms with van der Waals surface area (Å²) in [6.07, 6.45) is 0.288. The van der Waals surface area contributed by atoms with Gasteiger partial charge in [0.25, 0.3) is 5.88 Å². The number of aromatic hydroxyl groups is 1. The number of nitrogen functional groups attached to an aromatic ring is 1. The molecule has 16 heteroatoms. The van der Waals surface area contributed by atoms with E-state index in [0.717, 1.165) is 12.1 Å². The van der Waals surface area contributed by atoms with Gasteiger partial charge in [-0.1, -0.05) is 0 Å². The lowest BCUT2D eigenvalue weighted by Gasteiger charge is -2.19. The van der Waals surface area contributed by atoms with Crippen molar-refractivity contribution in [3.8, 4) is 28.9 Å². The molecule has 1 unspecified atom stereocenters. The van der Waals surface area contributed by atoms with Crippen LogP contribution in [0.15, 0.2) is 52.5 Å². The molecule has 1 aromatic heterocycles. The summed E-state index contributed by atoms with van der Waals surface area (Å²) in [5.41, 5.74) is 11.2. The van der Waals surface area contributed by atoms with Crippen LogP contribution in [0.1, 0.15) is 17.5 Å². The number of nitrogens with two attached hydrogens (primary N) is 2. The van der Waals surface area contributed by atoms with Crippen molar-refractivity contribution in [1.29, 1.82) is 5.41 Å². The number of pyridine rings is 1. The number of benzene rings is 2. The number of nitrogens with one attached hydrogen (secondary N) is 1. The van der Waals surface area contributed by atoms with Gasteiger partial charge >= 0.3 is 5.97 Å². The predicted octanol–water partition coefficient (Wildman–Crippen LogP) is 2.20. The number of aliphatic imine (C=N–C) groups is 1. The van der Waals surface area contributed by atoms with E-state index >= 15 is 4.39 Å². The summed E-state index contributed by atoms with van der Waals surface area (Å²) in [6.45, 7) is 0.854. The molecule has 1 atom stereocenters. The lowest BCUT2D eigenvalue weighted by Crippen LogP contribution is -2.32. The Hall–Kier alpha value is -4.83. The number of phenols is 1. The van der Waals surface area contributed by atoms with Crippen LogP contribution < -0.4 is 20.9 Å². The zero-order valence-corrected chi connectivity index (χ0v) is 22.9. The molecule has 0 fully saturated rings. The van der Waals surface area contributed by atoms with Gasteiger partial charge in [0.05, 0.1) is 29.0 Å². The van der Waals surface area contributed by atoms with Gasteiger partial charge in [0.1, 0.15) is 23.5 Å². The van der Waals surface area contributed by atoms with E-state index in [-0.39, 0.29) is 39.8 Å². The predicted molar refractivity (Wildman–Crippen MR) is 146 cm³/mol. The van der Waals surface area contributed by atoms with Crippen molar-refractivity contribution < 1.29 is 41.7 Å². The fourth-order valence-corrected chi connectivity index (χ4v) is 5.26. The van der Waals surface area contributed by atoms with Gasteiger partial charge in [-0.2, -0.15) is 4.39 Å². The molecule has 0 bridgehead atoms. The first kappa shape index (κ1) is 30.1. The molecular weight excluding hydrogens is 578 g/mol. The maximum atomic E-state index is 15.5. The van der Waals surface area contributed by atoms with Crippen LogP contribution in [0.2, 0.25) is 0 Å². The normalized spacial score (nSPS) is 13.9. The van der Waals surface area contributed by atoms with E-state index in [2.05, 4.69) is 9.98 Å². The van der Waals surface area contributed by atoms with Crippen LogP contribution in [0.3, 0.4) is 0 Å². The van der Waals surface area contributed by atoms with Crippen LogP contribution in [-0.4, -0.2) is 78.1 Å². The van der Waals surface area contributed by atoms with E-state index in [4.69, 9.17) is 31.5 Å². The van der Waals surface area contributed by atoms with Crippen LogP contribution in [0, 0.1) is 17.0 Å². The van der Waals surface area contributed by atoms with Gasteiger partial charge in [-0.15, -0.1) is 0 Å². The first-order valence-electron chi connectivity index (χ1n) is 12.3. The molecule has 0 radical (unpaired) electrons. The molecule has 1 aliphatic rings. The average Bonchev–Trinajstić information content (AvgIpc) is 3.37. The number of ether oxygens (including phenoxy) is 2. The zero-order chi connectivity index (χ0) is 30.8. The second kappa shape index (κ2) is 12.0. The van der Waals surface area contributed by atoms with Crippen LogP contribution >= 0.6 is 0 Å². The third-order valence-corrected chi connectivity index (χ3v) is 7.96. The Balaban J connectivity index is 1.72. The molecule has 0 saturated heterocycles. The Labute approximate surface area is 238 Å². The number of carboxylic acids is 1. The Bertz CT molecular complexity index is 1700. The molecule has 3 aromatic rings. The summed E-state index contributed by atoms with van der Waals surface area (Å²) < 4.78 is 67.2. The van der Waals surface area contributed by atoms with E-state index in [1.807, 2.05) is 0 Å². The van der Waals surface area contributed by atoms with Gasteiger partial charge in [-0.3, -0.25) is 15.2 Å². The van der Waals surface area contributed by atoms with Gasteiger partial charge in [0.15, 0.2) is 27.2 Å².